The van der Waals surface area contributed by atoms with Crippen LogP contribution in [0.4, 0.5) is 0 Å². The van der Waals surface area contributed by atoms with Gasteiger partial charge in [-0.3, -0.25) is 14.3 Å². The second-order valence-corrected chi connectivity index (χ2v) is 8.16. The van der Waals surface area contributed by atoms with Gasteiger partial charge in [0, 0.05) is 19.7 Å². The summed E-state index contributed by atoms with van der Waals surface area (Å²) in [4.78, 5) is 25.0. The van der Waals surface area contributed by atoms with E-state index in [0.717, 1.165) is 5.69 Å². The molecule has 0 aromatic carbocycles. The molecule has 0 aliphatic heterocycles. The van der Waals surface area contributed by atoms with Crippen molar-refractivity contribution in [3.63, 3.8) is 0 Å². The summed E-state index contributed by atoms with van der Waals surface area (Å²) in [5.41, 5.74) is 1.31. The van der Waals surface area contributed by atoms with E-state index >= 15 is 0 Å². The molecule has 0 aliphatic rings. The standard InChI is InChI=1S/C19H29N5O3/c1-11(2)13-9-15(24(7)22-13)18(26)20-10-16(19(4,5)6)21-17(25)14-8-12(3)27-23-14/h8-9,11,16H,10H2,1-7H3,(H,20,26)(H,21,25). The first kappa shape index (κ1) is 20.7. The van der Waals surface area contributed by atoms with Gasteiger partial charge in [-0.05, 0) is 24.3 Å². The van der Waals surface area contributed by atoms with E-state index in [4.69, 9.17) is 4.52 Å². The van der Waals surface area contributed by atoms with Gasteiger partial charge in [0.1, 0.15) is 11.5 Å². The number of nitrogens with one attached hydrogen (secondary N) is 2. The molecule has 0 radical (unpaired) electrons. The van der Waals surface area contributed by atoms with Gasteiger partial charge in [0.05, 0.1) is 11.7 Å². The third kappa shape index (κ3) is 5.18. The number of aromatic nitrogens is 3. The quantitative estimate of drug-likeness (QED) is 0.807. The smallest absolute Gasteiger partial charge is 0.273 e. The molecule has 8 heteroatoms. The van der Waals surface area contributed by atoms with E-state index in [9.17, 15) is 9.59 Å². The van der Waals surface area contributed by atoms with E-state index in [2.05, 4.69) is 20.9 Å². The Morgan fingerprint density at radius 1 is 1.22 bits per heavy atom. The zero-order valence-electron chi connectivity index (χ0n) is 17.1. The van der Waals surface area contributed by atoms with Gasteiger partial charge >= 0.3 is 0 Å². The van der Waals surface area contributed by atoms with Crippen molar-refractivity contribution in [1.82, 2.24) is 25.6 Å². The first-order chi connectivity index (χ1) is 12.5. The molecule has 2 aromatic heterocycles. The Bertz CT molecular complexity index is 814. The molecule has 0 fully saturated rings. The van der Waals surface area contributed by atoms with Crippen LogP contribution in [0, 0.1) is 12.3 Å². The van der Waals surface area contributed by atoms with E-state index < -0.39 is 0 Å². The first-order valence-electron chi connectivity index (χ1n) is 9.05. The van der Waals surface area contributed by atoms with Gasteiger partial charge in [-0.15, -0.1) is 0 Å². The number of rotatable bonds is 6. The van der Waals surface area contributed by atoms with Crippen molar-refractivity contribution in [2.45, 2.75) is 53.5 Å². The lowest BCUT2D eigenvalue weighted by Crippen LogP contribution is -2.50. The lowest BCUT2D eigenvalue weighted by molar-refractivity contribution is 0.0862. The van der Waals surface area contributed by atoms with Crippen LogP contribution < -0.4 is 10.6 Å². The highest BCUT2D eigenvalue weighted by molar-refractivity contribution is 5.93. The van der Waals surface area contributed by atoms with Crippen molar-refractivity contribution in [3.8, 4) is 0 Å². The Morgan fingerprint density at radius 2 is 1.89 bits per heavy atom. The summed E-state index contributed by atoms with van der Waals surface area (Å²) in [6.45, 7) is 12.1. The molecule has 2 N–H and O–H groups in total. The summed E-state index contributed by atoms with van der Waals surface area (Å²) in [5, 5.41) is 13.9. The summed E-state index contributed by atoms with van der Waals surface area (Å²) in [6, 6.07) is 3.09. The Balaban J connectivity index is 2.06. The van der Waals surface area contributed by atoms with Crippen molar-refractivity contribution in [2.75, 3.05) is 6.54 Å². The maximum Gasteiger partial charge on any atom is 0.273 e. The SMILES string of the molecule is Cc1cc(C(=O)NC(CNC(=O)c2cc(C(C)C)nn2C)C(C)(C)C)no1. The number of hydrogen-bond acceptors (Lipinski definition) is 5. The van der Waals surface area contributed by atoms with Crippen LogP contribution in [0.15, 0.2) is 16.7 Å². The monoisotopic (exact) mass is 375 g/mol. The van der Waals surface area contributed by atoms with Gasteiger partial charge in [0.15, 0.2) is 5.69 Å². The summed E-state index contributed by atoms with van der Waals surface area (Å²) < 4.78 is 6.53. The number of nitrogens with zero attached hydrogens (tertiary/aromatic N) is 3. The normalized spacial score (nSPS) is 12.9. The average molecular weight is 375 g/mol. The van der Waals surface area contributed by atoms with Gasteiger partial charge < -0.3 is 15.2 Å². The molecule has 148 valence electrons. The number of hydrogen-bond donors (Lipinski definition) is 2. The molecule has 0 aliphatic carbocycles. The number of aryl methyl sites for hydroxylation is 2. The molecule has 0 bridgehead atoms. The molecule has 0 saturated heterocycles. The van der Waals surface area contributed by atoms with Gasteiger partial charge in [0.2, 0.25) is 0 Å². The van der Waals surface area contributed by atoms with Crippen LogP contribution in [0.5, 0.6) is 0 Å². The predicted octanol–water partition coefficient (Wildman–Crippen LogP) is 2.41. The Morgan fingerprint density at radius 3 is 2.37 bits per heavy atom. The number of amides is 2. The molecule has 2 aromatic rings. The van der Waals surface area contributed by atoms with Gasteiger partial charge in [-0.2, -0.15) is 5.10 Å². The highest BCUT2D eigenvalue weighted by atomic mass is 16.5. The van der Waals surface area contributed by atoms with Crippen molar-refractivity contribution in [3.05, 3.63) is 35.0 Å². The molecule has 8 nitrogen and oxygen atoms in total. The first-order valence-corrected chi connectivity index (χ1v) is 9.05. The predicted molar refractivity (Wildman–Crippen MR) is 102 cm³/mol. The van der Waals surface area contributed by atoms with Crippen LogP contribution in [-0.4, -0.2) is 39.3 Å². The largest absolute Gasteiger partial charge is 0.361 e. The van der Waals surface area contributed by atoms with Crippen LogP contribution in [-0.2, 0) is 7.05 Å². The minimum Gasteiger partial charge on any atom is -0.361 e. The number of carbonyl (C=O) groups excluding carboxylic acids is 2. The minimum atomic E-state index is -0.330. The number of carbonyl (C=O) groups is 2. The zero-order chi connectivity index (χ0) is 20.4. The molecule has 1 unspecified atom stereocenters. The van der Waals surface area contributed by atoms with Crippen LogP contribution in [0.1, 0.15) is 73.0 Å². The molecule has 1 atom stereocenters. The second kappa shape index (κ2) is 7.94. The molecule has 2 rings (SSSR count). The van der Waals surface area contributed by atoms with E-state index in [-0.39, 0.29) is 41.4 Å². The summed E-state index contributed by atoms with van der Waals surface area (Å²) >= 11 is 0. The fourth-order valence-electron chi connectivity index (χ4n) is 2.55. The molecule has 27 heavy (non-hydrogen) atoms. The third-order valence-electron chi connectivity index (χ3n) is 4.40. The summed E-state index contributed by atoms with van der Waals surface area (Å²) in [7, 11) is 1.75. The third-order valence-corrected chi connectivity index (χ3v) is 4.40. The lowest BCUT2D eigenvalue weighted by Gasteiger charge is -2.31. The topological polar surface area (TPSA) is 102 Å². The minimum absolute atomic E-state index is 0.223. The molecule has 0 saturated carbocycles. The van der Waals surface area contributed by atoms with Crippen LogP contribution in [0.25, 0.3) is 0 Å². The molecular formula is C19H29N5O3. The van der Waals surface area contributed by atoms with Crippen LogP contribution in [0.3, 0.4) is 0 Å². The van der Waals surface area contributed by atoms with Crippen molar-refractivity contribution < 1.29 is 14.1 Å². The van der Waals surface area contributed by atoms with Crippen molar-refractivity contribution >= 4 is 11.8 Å². The molecule has 2 amide bonds. The molecule has 0 spiro atoms. The average Bonchev–Trinajstić information content (AvgIpc) is 3.16. The maximum atomic E-state index is 12.6. The maximum absolute atomic E-state index is 12.6. The Kier molecular flexibility index (Phi) is 6.08. The van der Waals surface area contributed by atoms with Crippen LogP contribution in [0.2, 0.25) is 0 Å². The van der Waals surface area contributed by atoms with Crippen molar-refractivity contribution in [2.24, 2.45) is 12.5 Å². The fraction of sp³-hybridized carbons (Fsp3) is 0.579. The summed E-state index contributed by atoms with van der Waals surface area (Å²) in [6.07, 6.45) is 0. The van der Waals surface area contributed by atoms with Crippen LogP contribution >= 0.6 is 0 Å². The van der Waals surface area contributed by atoms with Gasteiger partial charge in [-0.1, -0.05) is 39.8 Å². The fourth-order valence-corrected chi connectivity index (χ4v) is 2.55. The van der Waals surface area contributed by atoms with Gasteiger partial charge in [0.25, 0.3) is 11.8 Å². The van der Waals surface area contributed by atoms with E-state index in [1.54, 1.807) is 30.8 Å². The Labute approximate surface area is 159 Å². The molecule has 2 heterocycles. The summed E-state index contributed by atoms with van der Waals surface area (Å²) in [5.74, 6) is 0.254. The van der Waals surface area contributed by atoms with E-state index in [1.807, 2.05) is 34.6 Å². The Hall–Kier alpha value is -2.64. The van der Waals surface area contributed by atoms with E-state index in [1.165, 1.54) is 0 Å². The highest BCUT2D eigenvalue weighted by Gasteiger charge is 2.28. The zero-order valence-corrected chi connectivity index (χ0v) is 17.1. The second-order valence-electron chi connectivity index (χ2n) is 8.16. The molecular weight excluding hydrogens is 346 g/mol. The van der Waals surface area contributed by atoms with Gasteiger partial charge in [-0.25, -0.2) is 0 Å². The lowest BCUT2D eigenvalue weighted by atomic mass is 9.86. The highest BCUT2D eigenvalue weighted by Crippen LogP contribution is 2.20. The van der Waals surface area contributed by atoms with Crippen molar-refractivity contribution in [1.29, 1.82) is 0 Å². The van der Waals surface area contributed by atoms with E-state index in [0.29, 0.717) is 11.5 Å².